The summed E-state index contributed by atoms with van der Waals surface area (Å²) in [5.74, 6) is 0.144. The lowest BCUT2D eigenvalue weighted by molar-refractivity contribution is -0.132. The number of hydrogen-bond donors (Lipinski definition) is 1. The Morgan fingerprint density at radius 1 is 0.968 bits per heavy atom. The molecule has 0 saturated carbocycles. The summed E-state index contributed by atoms with van der Waals surface area (Å²) in [4.78, 5) is 15.0. The van der Waals surface area contributed by atoms with Gasteiger partial charge in [0.25, 0.3) is 0 Å². The van der Waals surface area contributed by atoms with Crippen LogP contribution in [0.5, 0.6) is 0 Å². The van der Waals surface area contributed by atoms with E-state index in [-0.39, 0.29) is 11.9 Å². The van der Waals surface area contributed by atoms with Crippen LogP contribution in [0.1, 0.15) is 17.5 Å². The highest BCUT2D eigenvalue weighted by molar-refractivity contribution is 6.30. The van der Waals surface area contributed by atoms with Gasteiger partial charge in [0, 0.05) is 18.1 Å². The molecule has 3 aromatic rings. The fourth-order valence-electron chi connectivity index (χ4n) is 4.05. The number of nitrogens with zero attached hydrogens (tertiary/aromatic N) is 1. The van der Waals surface area contributed by atoms with Gasteiger partial charge in [0.15, 0.2) is 0 Å². The fraction of sp³-hybridized carbons (Fsp3) is 0.222. The Morgan fingerprint density at radius 3 is 2.35 bits per heavy atom. The van der Waals surface area contributed by atoms with Gasteiger partial charge in [-0.1, -0.05) is 78.3 Å². The van der Waals surface area contributed by atoms with Gasteiger partial charge in [-0.2, -0.15) is 0 Å². The molecule has 0 spiro atoms. The van der Waals surface area contributed by atoms with Crippen molar-refractivity contribution in [2.75, 3.05) is 20.1 Å². The van der Waals surface area contributed by atoms with Crippen LogP contribution in [0.2, 0.25) is 5.02 Å². The predicted octanol–water partition coefficient (Wildman–Crippen LogP) is 5.45. The van der Waals surface area contributed by atoms with E-state index in [4.69, 9.17) is 11.6 Å². The molecule has 1 aliphatic heterocycles. The van der Waals surface area contributed by atoms with Crippen LogP contribution in [-0.4, -0.2) is 37.0 Å². The van der Waals surface area contributed by atoms with Crippen molar-refractivity contribution in [2.45, 2.75) is 18.9 Å². The van der Waals surface area contributed by atoms with Crippen LogP contribution >= 0.6 is 11.6 Å². The van der Waals surface area contributed by atoms with Crippen molar-refractivity contribution >= 4 is 23.1 Å². The number of halogens is 1. The number of carbonyl (C=O) groups excluding carboxylic acids is 1. The second kappa shape index (κ2) is 9.95. The first-order valence-electron chi connectivity index (χ1n) is 10.7. The summed E-state index contributed by atoms with van der Waals surface area (Å²) >= 11 is 5.98. The summed E-state index contributed by atoms with van der Waals surface area (Å²) in [5.41, 5.74) is 6.08. The third-order valence-corrected chi connectivity index (χ3v) is 6.11. The molecular weight excluding hydrogens is 404 g/mol. The number of rotatable bonds is 6. The van der Waals surface area contributed by atoms with Crippen molar-refractivity contribution in [3.05, 3.63) is 101 Å². The fourth-order valence-corrected chi connectivity index (χ4v) is 4.18. The SMILES string of the molecule is CNC(Cc1ccc(Cl)cc1)C(=O)N1CC=C(c2cccc(-c3ccccc3)c2)CC1. The van der Waals surface area contributed by atoms with Gasteiger partial charge in [-0.25, -0.2) is 0 Å². The smallest absolute Gasteiger partial charge is 0.240 e. The van der Waals surface area contributed by atoms with Crippen molar-refractivity contribution in [2.24, 2.45) is 0 Å². The lowest BCUT2D eigenvalue weighted by atomic mass is 9.95. The molecule has 0 saturated heterocycles. The molecular formula is C27H27ClN2O. The Morgan fingerprint density at radius 2 is 1.68 bits per heavy atom. The van der Waals surface area contributed by atoms with E-state index in [1.807, 2.05) is 42.3 Å². The molecule has 1 atom stereocenters. The Bertz CT molecular complexity index is 1060. The average Bonchev–Trinajstić information content (AvgIpc) is 2.84. The summed E-state index contributed by atoms with van der Waals surface area (Å²) < 4.78 is 0. The van der Waals surface area contributed by atoms with Crippen LogP contribution in [-0.2, 0) is 11.2 Å². The molecule has 1 amide bonds. The molecule has 4 rings (SSSR count). The number of benzene rings is 3. The van der Waals surface area contributed by atoms with Crippen molar-refractivity contribution in [1.82, 2.24) is 10.2 Å². The maximum absolute atomic E-state index is 13.1. The Balaban J connectivity index is 1.43. The summed E-state index contributed by atoms with van der Waals surface area (Å²) in [6.45, 7) is 1.38. The molecule has 3 aromatic carbocycles. The Hall–Kier alpha value is -2.88. The average molecular weight is 431 g/mol. The van der Waals surface area contributed by atoms with E-state index in [0.29, 0.717) is 18.0 Å². The molecule has 31 heavy (non-hydrogen) atoms. The standard InChI is InChI=1S/C27H27ClN2O/c1-29-26(18-20-10-12-25(28)13-11-20)27(31)30-16-14-22(15-17-30)24-9-5-8-23(19-24)21-6-3-2-4-7-21/h2-14,19,26,29H,15-18H2,1H3. The van der Waals surface area contributed by atoms with Gasteiger partial charge in [-0.05, 0) is 65.9 Å². The Kier molecular flexibility index (Phi) is 6.86. The monoisotopic (exact) mass is 430 g/mol. The predicted molar refractivity (Wildman–Crippen MR) is 129 cm³/mol. The molecule has 158 valence electrons. The molecule has 1 unspecified atom stereocenters. The minimum Gasteiger partial charge on any atom is -0.337 e. The molecule has 1 aliphatic rings. The minimum atomic E-state index is -0.238. The van der Waals surface area contributed by atoms with Crippen molar-refractivity contribution in [3.8, 4) is 11.1 Å². The molecule has 0 bridgehead atoms. The second-order valence-electron chi connectivity index (χ2n) is 7.88. The lowest BCUT2D eigenvalue weighted by Crippen LogP contribution is -2.47. The van der Waals surface area contributed by atoms with E-state index >= 15 is 0 Å². The van der Waals surface area contributed by atoms with Crippen LogP contribution in [0.3, 0.4) is 0 Å². The quantitative estimate of drug-likeness (QED) is 0.563. The number of likely N-dealkylation sites (N-methyl/N-ethyl adjacent to an activating group) is 1. The van der Waals surface area contributed by atoms with E-state index in [1.54, 1.807) is 0 Å². The maximum atomic E-state index is 13.1. The van der Waals surface area contributed by atoms with Gasteiger partial charge >= 0.3 is 0 Å². The van der Waals surface area contributed by atoms with Gasteiger partial charge in [0.1, 0.15) is 0 Å². The number of carbonyl (C=O) groups is 1. The summed E-state index contributed by atoms with van der Waals surface area (Å²) in [6, 6.07) is 26.5. The first-order valence-corrected chi connectivity index (χ1v) is 11.1. The molecule has 3 nitrogen and oxygen atoms in total. The van der Waals surface area contributed by atoms with Crippen LogP contribution < -0.4 is 5.32 Å². The molecule has 0 radical (unpaired) electrons. The number of nitrogens with one attached hydrogen (secondary N) is 1. The van der Waals surface area contributed by atoms with Crippen molar-refractivity contribution < 1.29 is 4.79 Å². The zero-order chi connectivity index (χ0) is 21.6. The lowest BCUT2D eigenvalue weighted by Gasteiger charge is -2.30. The highest BCUT2D eigenvalue weighted by Crippen LogP contribution is 2.27. The molecule has 4 heteroatoms. The maximum Gasteiger partial charge on any atom is 0.240 e. The number of amides is 1. The van der Waals surface area contributed by atoms with E-state index in [9.17, 15) is 4.79 Å². The molecule has 1 N–H and O–H groups in total. The Labute approximate surface area is 189 Å². The topological polar surface area (TPSA) is 32.3 Å². The van der Waals surface area contributed by atoms with Gasteiger partial charge in [-0.3, -0.25) is 4.79 Å². The first kappa shape index (κ1) is 21.4. The third-order valence-electron chi connectivity index (χ3n) is 5.86. The molecule has 0 aliphatic carbocycles. The third kappa shape index (κ3) is 5.25. The van der Waals surface area contributed by atoms with E-state index in [2.05, 4.69) is 59.9 Å². The number of hydrogen-bond acceptors (Lipinski definition) is 2. The highest BCUT2D eigenvalue weighted by Gasteiger charge is 2.25. The van der Waals surface area contributed by atoms with E-state index in [1.165, 1.54) is 22.3 Å². The van der Waals surface area contributed by atoms with Gasteiger partial charge in [0.2, 0.25) is 5.91 Å². The zero-order valence-corrected chi connectivity index (χ0v) is 18.5. The van der Waals surface area contributed by atoms with Gasteiger partial charge in [0.05, 0.1) is 6.04 Å². The zero-order valence-electron chi connectivity index (χ0n) is 17.7. The van der Waals surface area contributed by atoms with Gasteiger partial charge < -0.3 is 10.2 Å². The normalized spacial score (nSPS) is 14.8. The van der Waals surface area contributed by atoms with Crippen molar-refractivity contribution in [3.63, 3.8) is 0 Å². The molecule has 0 fully saturated rings. The van der Waals surface area contributed by atoms with Crippen molar-refractivity contribution in [1.29, 1.82) is 0 Å². The summed E-state index contributed by atoms with van der Waals surface area (Å²) in [5, 5.41) is 3.90. The molecule has 1 heterocycles. The van der Waals surface area contributed by atoms with Crippen LogP contribution in [0.25, 0.3) is 16.7 Å². The highest BCUT2D eigenvalue weighted by atomic mass is 35.5. The summed E-state index contributed by atoms with van der Waals surface area (Å²) in [6.07, 6.45) is 3.71. The summed E-state index contributed by atoms with van der Waals surface area (Å²) in [7, 11) is 1.85. The van der Waals surface area contributed by atoms with Crippen LogP contribution in [0.4, 0.5) is 0 Å². The van der Waals surface area contributed by atoms with E-state index < -0.39 is 0 Å². The van der Waals surface area contributed by atoms with Crippen LogP contribution in [0, 0.1) is 0 Å². The molecule has 0 aromatic heterocycles. The van der Waals surface area contributed by atoms with Crippen LogP contribution in [0.15, 0.2) is 84.9 Å². The second-order valence-corrected chi connectivity index (χ2v) is 8.32. The van der Waals surface area contributed by atoms with Gasteiger partial charge in [-0.15, -0.1) is 0 Å². The largest absolute Gasteiger partial charge is 0.337 e. The van der Waals surface area contributed by atoms with E-state index in [0.717, 1.165) is 18.5 Å². The first-order chi connectivity index (χ1) is 15.1. The minimum absolute atomic E-state index is 0.144.